The van der Waals surface area contributed by atoms with Crippen LogP contribution in [0.3, 0.4) is 0 Å². The van der Waals surface area contributed by atoms with Gasteiger partial charge in [0, 0.05) is 25.3 Å². The van der Waals surface area contributed by atoms with Crippen molar-refractivity contribution in [3.63, 3.8) is 0 Å². The average molecular weight is 368 g/mol. The number of carbonyl (C=O) groups excluding carboxylic acids is 3. The first-order chi connectivity index (χ1) is 12.7. The maximum Gasteiger partial charge on any atom is 0.316 e. The van der Waals surface area contributed by atoms with Crippen LogP contribution in [0.1, 0.15) is 29.8 Å². The molecule has 0 saturated heterocycles. The molecule has 0 aliphatic heterocycles. The molecule has 1 N–H and O–H groups in total. The summed E-state index contributed by atoms with van der Waals surface area (Å²) in [7, 11) is 3.34. The molecule has 6 heteroatoms. The van der Waals surface area contributed by atoms with Crippen LogP contribution in [0.4, 0.5) is 5.69 Å². The van der Waals surface area contributed by atoms with Crippen LogP contribution in [0.15, 0.2) is 54.6 Å². The Hall–Kier alpha value is -3.15. The summed E-state index contributed by atoms with van der Waals surface area (Å²) >= 11 is 0. The number of hydrogen-bond acceptors (Lipinski definition) is 4. The highest BCUT2D eigenvalue weighted by molar-refractivity contribution is 5.96. The number of hydrogen-bond donors (Lipinski definition) is 1. The van der Waals surface area contributed by atoms with Crippen molar-refractivity contribution in [1.82, 2.24) is 4.90 Å². The average Bonchev–Trinajstić information content (AvgIpc) is 2.66. The molecule has 0 aliphatic rings. The minimum Gasteiger partial charge on any atom is -0.455 e. The number of rotatable bonds is 6. The van der Waals surface area contributed by atoms with Crippen molar-refractivity contribution < 1.29 is 19.1 Å². The van der Waals surface area contributed by atoms with E-state index in [-0.39, 0.29) is 12.5 Å². The van der Waals surface area contributed by atoms with E-state index >= 15 is 0 Å². The van der Waals surface area contributed by atoms with Crippen molar-refractivity contribution >= 4 is 23.5 Å². The van der Waals surface area contributed by atoms with Gasteiger partial charge >= 0.3 is 5.97 Å². The standard InChI is InChI=1S/C21H24N2O4/c1-21(2,16-8-6-5-7-9-16)20(26)27-14-18(24)22-17-12-10-15(11-13-17)19(25)23(3)4/h5-13H,14H2,1-4H3,(H,22,24). The molecule has 0 heterocycles. The monoisotopic (exact) mass is 368 g/mol. The van der Waals surface area contributed by atoms with Gasteiger partial charge in [-0.2, -0.15) is 0 Å². The van der Waals surface area contributed by atoms with Gasteiger partial charge in [0.05, 0.1) is 5.41 Å². The van der Waals surface area contributed by atoms with Crippen LogP contribution in [0.25, 0.3) is 0 Å². The number of amides is 2. The van der Waals surface area contributed by atoms with E-state index in [0.29, 0.717) is 11.3 Å². The summed E-state index contributed by atoms with van der Waals surface area (Å²) < 4.78 is 5.18. The highest BCUT2D eigenvalue weighted by Crippen LogP contribution is 2.24. The number of benzene rings is 2. The summed E-state index contributed by atoms with van der Waals surface area (Å²) in [5.41, 5.74) is 1.01. The molecule has 0 fully saturated rings. The van der Waals surface area contributed by atoms with Gasteiger partial charge in [-0.3, -0.25) is 14.4 Å². The van der Waals surface area contributed by atoms with E-state index < -0.39 is 17.3 Å². The Bertz CT molecular complexity index is 812. The summed E-state index contributed by atoms with van der Waals surface area (Å²) in [6, 6.07) is 15.8. The van der Waals surface area contributed by atoms with Crippen LogP contribution in [-0.4, -0.2) is 43.4 Å². The van der Waals surface area contributed by atoms with Gasteiger partial charge in [-0.15, -0.1) is 0 Å². The van der Waals surface area contributed by atoms with Crippen molar-refractivity contribution in [3.8, 4) is 0 Å². The Labute approximate surface area is 159 Å². The van der Waals surface area contributed by atoms with Crippen LogP contribution < -0.4 is 5.32 Å². The first kappa shape index (κ1) is 20.2. The van der Waals surface area contributed by atoms with Gasteiger partial charge in [0.25, 0.3) is 11.8 Å². The Kier molecular flexibility index (Phi) is 6.34. The highest BCUT2D eigenvalue weighted by atomic mass is 16.5. The second-order valence-corrected chi connectivity index (χ2v) is 6.89. The number of ether oxygens (including phenoxy) is 1. The normalized spacial score (nSPS) is 10.8. The molecule has 0 atom stereocenters. The molecule has 0 spiro atoms. The van der Waals surface area contributed by atoms with E-state index in [9.17, 15) is 14.4 Å². The Morgan fingerprint density at radius 3 is 2.11 bits per heavy atom. The first-order valence-corrected chi connectivity index (χ1v) is 8.56. The topological polar surface area (TPSA) is 75.7 Å². The third-order valence-electron chi connectivity index (χ3n) is 4.16. The molecule has 0 saturated carbocycles. The summed E-state index contributed by atoms with van der Waals surface area (Å²) in [4.78, 5) is 37.7. The molecule has 2 rings (SSSR count). The number of nitrogens with one attached hydrogen (secondary N) is 1. The third-order valence-corrected chi connectivity index (χ3v) is 4.16. The quantitative estimate of drug-likeness (QED) is 0.796. The fourth-order valence-corrected chi connectivity index (χ4v) is 2.44. The first-order valence-electron chi connectivity index (χ1n) is 8.56. The molecule has 142 valence electrons. The number of esters is 1. The maximum absolute atomic E-state index is 12.4. The van der Waals surface area contributed by atoms with Crippen molar-refractivity contribution in [1.29, 1.82) is 0 Å². The summed E-state index contributed by atoms with van der Waals surface area (Å²) in [6.07, 6.45) is 0. The van der Waals surface area contributed by atoms with E-state index in [2.05, 4.69) is 5.32 Å². The molecule has 0 aromatic heterocycles. The van der Waals surface area contributed by atoms with E-state index in [0.717, 1.165) is 5.56 Å². The second-order valence-electron chi connectivity index (χ2n) is 6.89. The Morgan fingerprint density at radius 1 is 0.963 bits per heavy atom. The van der Waals surface area contributed by atoms with Gasteiger partial charge in [-0.25, -0.2) is 0 Å². The number of nitrogens with zero attached hydrogens (tertiary/aromatic N) is 1. The molecule has 6 nitrogen and oxygen atoms in total. The van der Waals surface area contributed by atoms with Gasteiger partial charge < -0.3 is 15.0 Å². The SMILES string of the molecule is CN(C)C(=O)c1ccc(NC(=O)COC(=O)C(C)(C)c2ccccc2)cc1. The fourth-order valence-electron chi connectivity index (χ4n) is 2.44. The van der Waals surface area contributed by atoms with E-state index in [1.54, 1.807) is 52.2 Å². The Balaban J connectivity index is 1.91. The van der Waals surface area contributed by atoms with Crippen molar-refractivity contribution in [2.75, 3.05) is 26.0 Å². The van der Waals surface area contributed by atoms with Gasteiger partial charge in [-0.05, 0) is 43.7 Å². The molecule has 0 unspecified atom stereocenters. The summed E-state index contributed by atoms with van der Waals surface area (Å²) in [5.74, 6) is -1.04. The smallest absolute Gasteiger partial charge is 0.316 e. The van der Waals surface area contributed by atoms with Gasteiger partial charge in [-0.1, -0.05) is 30.3 Å². The van der Waals surface area contributed by atoms with Crippen LogP contribution in [0, 0.1) is 0 Å². The molecule has 27 heavy (non-hydrogen) atoms. The number of carbonyl (C=O) groups is 3. The zero-order valence-corrected chi connectivity index (χ0v) is 16.0. The number of anilines is 1. The molecule has 2 aromatic rings. The minimum atomic E-state index is -0.851. The lowest BCUT2D eigenvalue weighted by atomic mass is 9.85. The molecular formula is C21H24N2O4. The molecule has 2 amide bonds. The molecule has 0 radical (unpaired) electrons. The van der Waals surface area contributed by atoms with E-state index in [4.69, 9.17) is 4.74 Å². The maximum atomic E-state index is 12.4. The van der Waals surface area contributed by atoms with Gasteiger partial charge in [0.2, 0.25) is 0 Å². The second kappa shape index (κ2) is 8.49. The lowest BCUT2D eigenvalue weighted by Gasteiger charge is -2.22. The molecule has 0 aliphatic carbocycles. The highest BCUT2D eigenvalue weighted by Gasteiger charge is 2.31. The van der Waals surface area contributed by atoms with E-state index in [1.807, 2.05) is 30.3 Å². The lowest BCUT2D eigenvalue weighted by Crippen LogP contribution is -2.33. The summed E-state index contributed by atoms with van der Waals surface area (Å²) in [5, 5.41) is 2.64. The molecule has 0 bridgehead atoms. The summed E-state index contributed by atoms with van der Waals surface area (Å²) in [6.45, 7) is 3.12. The van der Waals surface area contributed by atoms with E-state index in [1.165, 1.54) is 4.90 Å². The van der Waals surface area contributed by atoms with Crippen LogP contribution in [-0.2, 0) is 19.7 Å². The van der Waals surface area contributed by atoms with Crippen molar-refractivity contribution in [3.05, 3.63) is 65.7 Å². The van der Waals surface area contributed by atoms with Gasteiger partial charge in [0.15, 0.2) is 6.61 Å². The lowest BCUT2D eigenvalue weighted by molar-refractivity contribution is -0.152. The largest absolute Gasteiger partial charge is 0.455 e. The predicted molar refractivity (Wildman–Crippen MR) is 104 cm³/mol. The van der Waals surface area contributed by atoms with Crippen LogP contribution >= 0.6 is 0 Å². The zero-order chi connectivity index (χ0) is 20.0. The van der Waals surface area contributed by atoms with Crippen LogP contribution in [0.2, 0.25) is 0 Å². The fraction of sp³-hybridized carbons (Fsp3) is 0.286. The van der Waals surface area contributed by atoms with Crippen molar-refractivity contribution in [2.24, 2.45) is 0 Å². The minimum absolute atomic E-state index is 0.120. The van der Waals surface area contributed by atoms with Crippen LogP contribution in [0.5, 0.6) is 0 Å². The zero-order valence-electron chi connectivity index (χ0n) is 16.0. The predicted octanol–water partition coefficient (Wildman–Crippen LogP) is 2.85. The van der Waals surface area contributed by atoms with Crippen molar-refractivity contribution in [2.45, 2.75) is 19.3 Å². The third kappa shape index (κ3) is 5.17. The Morgan fingerprint density at radius 2 is 1.56 bits per heavy atom. The van der Waals surface area contributed by atoms with Gasteiger partial charge in [0.1, 0.15) is 0 Å². The molecular weight excluding hydrogens is 344 g/mol. The molecule has 2 aromatic carbocycles.